The van der Waals surface area contributed by atoms with Gasteiger partial charge in [0.15, 0.2) is 0 Å². The molecule has 4 bridgehead atoms. The van der Waals surface area contributed by atoms with E-state index in [0.29, 0.717) is 18.4 Å². The fourth-order valence-electron chi connectivity index (χ4n) is 8.03. The molecule has 0 saturated heterocycles. The van der Waals surface area contributed by atoms with Crippen molar-refractivity contribution in [1.29, 1.82) is 0 Å². The van der Waals surface area contributed by atoms with Crippen LogP contribution in [0.2, 0.25) is 0 Å². The van der Waals surface area contributed by atoms with Gasteiger partial charge in [-0.2, -0.15) is 0 Å². The standard InChI is InChI=1S/C28H33FN4O2/c29-20-4-2-19(3-5-20)27(8-1-9-27)25(34)32-16-23(30)24-18-12-17-13-22(24)28(14-17,15-18)26(35)33-21-6-10-31-11-7-21/h2-7,10-11,17-18,22-24H,1,8-9,12-16,30H2,(H,32,34)(H,31,33,35). The van der Waals surface area contributed by atoms with E-state index in [2.05, 4.69) is 15.6 Å². The van der Waals surface area contributed by atoms with Gasteiger partial charge in [0, 0.05) is 30.7 Å². The second-order valence-corrected chi connectivity index (χ2v) is 11.4. The molecule has 1 aromatic carbocycles. The summed E-state index contributed by atoms with van der Waals surface area (Å²) in [5, 5.41) is 6.29. The Kier molecular flexibility index (Phi) is 5.44. The molecule has 0 spiro atoms. The van der Waals surface area contributed by atoms with Gasteiger partial charge in [0.2, 0.25) is 11.8 Å². The number of aromatic nitrogens is 1. The number of benzene rings is 1. The highest BCUT2D eigenvalue weighted by atomic mass is 19.1. The molecule has 5 saturated carbocycles. The summed E-state index contributed by atoms with van der Waals surface area (Å²) in [6.07, 6.45) is 9.91. The number of carbonyl (C=O) groups excluding carboxylic acids is 2. The zero-order chi connectivity index (χ0) is 24.2. The first-order valence-electron chi connectivity index (χ1n) is 12.9. The van der Waals surface area contributed by atoms with Gasteiger partial charge >= 0.3 is 0 Å². The average molecular weight is 477 g/mol. The molecule has 1 heterocycles. The number of nitrogens with two attached hydrogens (primary N) is 1. The second kappa shape index (κ2) is 8.40. The molecule has 5 aliphatic carbocycles. The van der Waals surface area contributed by atoms with E-state index in [1.165, 1.54) is 12.1 Å². The van der Waals surface area contributed by atoms with E-state index in [9.17, 15) is 14.0 Å². The number of nitrogens with one attached hydrogen (secondary N) is 2. The van der Waals surface area contributed by atoms with Crippen LogP contribution in [0.3, 0.4) is 0 Å². The van der Waals surface area contributed by atoms with Gasteiger partial charge in [0.25, 0.3) is 0 Å². The molecule has 6 atom stereocenters. The molecule has 7 heteroatoms. The number of hydrogen-bond acceptors (Lipinski definition) is 4. The van der Waals surface area contributed by atoms with Gasteiger partial charge in [-0.05, 0) is 92.0 Å². The molecule has 184 valence electrons. The number of pyridine rings is 1. The number of amides is 2. The van der Waals surface area contributed by atoms with Gasteiger partial charge in [-0.3, -0.25) is 14.6 Å². The van der Waals surface area contributed by atoms with Crippen molar-refractivity contribution in [3.8, 4) is 0 Å². The Labute approximate surface area is 205 Å². The summed E-state index contributed by atoms with van der Waals surface area (Å²) < 4.78 is 13.4. The Balaban J connectivity index is 1.14. The zero-order valence-corrected chi connectivity index (χ0v) is 19.9. The highest BCUT2D eigenvalue weighted by molar-refractivity contribution is 5.96. The molecule has 7 rings (SSSR count). The SMILES string of the molecule is NC(CNC(=O)C1(c2ccc(F)cc2)CCC1)C1C2CC3CC1C(C(=O)Nc1ccncc1)(C3)C2. The Hall–Kier alpha value is -2.80. The summed E-state index contributed by atoms with van der Waals surface area (Å²) in [7, 11) is 0. The molecule has 0 radical (unpaired) electrons. The van der Waals surface area contributed by atoms with E-state index in [-0.39, 0.29) is 40.9 Å². The third-order valence-electron chi connectivity index (χ3n) is 9.64. The van der Waals surface area contributed by atoms with Gasteiger partial charge in [0.05, 0.1) is 10.8 Å². The maximum Gasteiger partial charge on any atom is 0.230 e. The second-order valence-electron chi connectivity index (χ2n) is 11.4. The van der Waals surface area contributed by atoms with Crippen molar-refractivity contribution < 1.29 is 14.0 Å². The Morgan fingerprint density at radius 1 is 1.06 bits per heavy atom. The monoisotopic (exact) mass is 476 g/mol. The molecule has 5 aliphatic rings. The molecule has 2 amide bonds. The minimum Gasteiger partial charge on any atom is -0.354 e. The lowest BCUT2D eigenvalue weighted by Crippen LogP contribution is -2.53. The van der Waals surface area contributed by atoms with Crippen LogP contribution in [0.4, 0.5) is 10.1 Å². The molecule has 5 fully saturated rings. The van der Waals surface area contributed by atoms with Crippen LogP contribution in [0.1, 0.15) is 50.5 Å². The van der Waals surface area contributed by atoms with Gasteiger partial charge in [-0.25, -0.2) is 4.39 Å². The van der Waals surface area contributed by atoms with Crippen molar-refractivity contribution in [1.82, 2.24) is 10.3 Å². The summed E-state index contributed by atoms with van der Waals surface area (Å²) in [6, 6.07) is 9.78. The minimum atomic E-state index is -0.577. The molecule has 2 aromatic rings. The van der Waals surface area contributed by atoms with Crippen LogP contribution in [0, 0.1) is 34.9 Å². The van der Waals surface area contributed by atoms with Gasteiger partial charge in [-0.15, -0.1) is 0 Å². The minimum absolute atomic E-state index is 0.0107. The molecule has 6 nitrogen and oxygen atoms in total. The van der Waals surface area contributed by atoms with Crippen LogP contribution >= 0.6 is 0 Å². The van der Waals surface area contributed by atoms with Gasteiger partial charge in [0.1, 0.15) is 5.82 Å². The van der Waals surface area contributed by atoms with Crippen molar-refractivity contribution in [2.24, 2.45) is 34.8 Å². The number of nitrogens with zero attached hydrogens (tertiary/aromatic N) is 1. The molecule has 4 N–H and O–H groups in total. The Morgan fingerprint density at radius 2 is 1.80 bits per heavy atom. The highest BCUT2D eigenvalue weighted by Crippen LogP contribution is 2.68. The first kappa shape index (κ1) is 22.7. The smallest absolute Gasteiger partial charge is 0.230 e. The topological polar surface area (TPSA) is 97.1 Å². The molecular weight excluding hydrogens is 443 g/mol. The van der Waals surface area contributed by atoms with Gasteiger partial charge < -0.3 is 16.4 Å². The Bertz CT molecular complexity index is 1120. The predicted octanol–water partition coefficient (Wildman–Crippen LogP) is 3.78. The first-order chi connectivity index (χ1) is 16.9. The third kappa shape index (κ3) is 3.58. The number of rotatable bonds is 7. The van der Waals surface area contributed by atoms with Crippen LogP contribution in [0.15, 0.2) is 48.8 Å². The largest absolute Gasteiger partial charge is 0.354 e. The van der Waals surface area contributed by atoms with Crippen molar-refractivity contribution in [3.05, 3.63) is 60.2 Å². The maximum atomic E-state index is 13.5. The lowest BCUT2D eigenvalue weighted by Gasteiger charge is -2.41. The van der Waals surface area contributed by atoms with Crippen LogP contribution in [0.25, 0.3) is 0 Å². The molecular formula is C28H33FN4O2. The summed E-state index contributed by atoms with van der Waals surface area (Å²) in [6.45, 7) is 0.409. The fraction of sp³-hybridized carbons (Fsp3) is 0.536. The molecule has 0 aliphatic heterocycles. The van der Waals surface area contributed by atoms with Crippen molar-refractivity contribution in [2.45, 2.75) is 56.4 Å². The number of halogens is 1. The third-order valence-corrected chi connectivity index (χ3v) is 9.64. The number of carbonyl (C=O) groups is 2. The normalized spacial score (nSPS) is 32.6. The van der Waals surface area contributed by atoms with Crippen LogP contribution in [0.5, 0.6) is 0 Å². The van der Waals surface area contributed by atoms with Crippen molar-refractivity contribution in [3.63, 3.8) is 0 Å². The molecule has 6 unspecified atom stereocenters. The Morgan fingerprint density at radius 3 is 2.49 bits per heavy atom. The summed E-state index contributed by atoms with van der Waals surface area (Å²) >= 11 is 0. The van der Waals surface area contributed by atoms with E-state index in [1.807, 2.05) is 12.1 Å². The first-order valence-corrected chi connectivity index (χ1v) is 12.9. The fourth-order valence-corrected chi connectivity index (χ4v) is 8.03. The maximum absolute atomic E-state index is 13.5. The molecule has 35 heavy (non-hydrogen) atoms. The molecule has 1 aromatic heterocycles. The lowest BCUT2D eigenvalue weighted by molar-refractivity contribution is -0.130. The van der Waals surface area contributed by atoms with Crippen molar-refractivity contribution >= 4 is 17.5 Å². The van der Waals surface area contributed by atoms with Crippen LogP contribution in [-0.4, -0.2) is 29.4 Å². The van der Waals surface area contributed by atoms with Crippen LogP contribution < -0.4 is 16.4 Å². The van der Waals surface area contributed by atoms with Crippen molar-refractivity contribution in [2.75, 3.05) is 11.9 Å². The predicted molar refractivity (Wildman–Crippen MR) is 131 cm³/mol. The highest BCUT2D eigenvalue weighted by Gasteiger charge is 2.66. The number of anilines is 1. The quantitative estimate of drug-likeness (QED) is 0.567. The average Bonchev–Trinajstić information content (AvgIpc) is 3.22. The number of hydrogen-bond donors (Lipinski definition) is 3. The van der Waals surface area contributed by atoms with Gasteiger partial charge in [-0.1, -0.05) is 18.6 Å². The van der Waals surface area contributed by atoms with E-state index in [0.717, 1.165) is 56.2 Å². The summed E-state index contributed by atoms with van der Waals surface area (Å²) in [4.78, 5) is 30.9. The zero-order valence-electron chi connectivity index (χ0n) is 19.9. The van der Waals surface area contributed by atoms with Crippen LogP contribution in [-0.2, 0) is 15.0 Å². The van der Waals surface area contributed by atoms with E-state index >= 15 is 0 Å². The van der Waals surface area contributed by atoms with E-state index in [1.54, 1.807) is 24.5 Å². The lowest BCUT2D eigenvalue weighted by atomic mass is 9.63. The van der Waals surface area contributed by atoms with E-state index < -0.39 is 5.41 Å². The summed E-state index contributed by atoms with van der Waals surface area (Å²) in [5.74, 6) is 1.33. The van der Waals surface area contributed by atoms with E-state index in [4.69, 9.17) is 5.73 Å². The summed E-state index contributed by atoms with van der Waals surface area (Å²) in [5.41, 5.74) is 7.49.